The van der Waals surface area contributed by atoms with Crippen molar-refractivity contribution in [2.75, 3.05) is 22.5 Å². The SMILES string of the molecule is O=C(Nc1ccccc1)N1CCS(=O)(=O)c2ccccc21. The van der Waals surface area contributed by atoms with E-state index in [9.17, 15) is 13.2 Å². The lowest BCUT2D eigenvalue weighted by molar-refractivity contribution is 0.257. The van der Waals surface area contributed by atoms with E-state index in [1.165, 1.54) is 11.0 Å². The molecule has 0 saturated heterocycles. The van der Waals surface area contributed by atoms with Crippen LogP contribution >= 0.6 is 0 Å². The highest BCUT2D eigenvalue weighted by molar-refractivity contribution is 7.91. The van der Waals surface area contributed by atoms with Crippen molar-refractivity contribution in [1.29, 1.82) is 0 Å². The van der Waals surface area contributed by atoms with Crippen LogP contribution in [0.3, 0.4) is 0 Å². The quantitative estimate of drug-likeness (QED) is 0.880. The van der Waals surface area contributed by atoms with Crippen molar-refractivity contribution < 1.29 is 13.2 Å². The van der Waals surface area contributed by atoms with E-state index in [4.69, 9.17) is 0 Å². The van der Waals surface area contributed by atoms with E-state index >= 15 is 0 Å². The third-order valence-corrected chi connectivity index (χ3v) is 5.08. The van der Waals surface area contributed by atoms with Crippen molar-refractivity contribution in [2.24, 2.45) is 0 Å². The summed E-state index contributed by atoms with van der Waals surface area (Å²) >= 11 is 0. The maximum atomic E-state index is 12.4. The monoisotopic (exact) mass is 302 g/mol. The van der Waals surface area contributed by atoms with Crippen molar-refractivity contribution in [2.45, 2.75) is 4.90 Å². The Morgan fingerprint density at radius 2 is 1.67 bits per heavy atom. The van der Waals surface area contributed by atoms with Crippen LogP contribution in [0.15, 0.2) is 59.5 Å². The van der Waals surface area contributed by atoms with Gasteiger partial charge in [0.1, 0.15) is 0 Å². The van der Waals surface area contributed by atoms with Gasteiger partial charge in [-0.15, -0.1) is 0 Å². The maximum absolute atomic E-state index is 12.4. The van der Waals surface area contributed by atoms with E-state index < -0.39 is 9.84 Å². The van der Waals surface area contributed by atoms with Gasteiger partial charge < -0.3 is 5.32 Å². The number of amides is 2. The molecule has 0 spiro atoms. The fourth-order valence-electron chi connectivity index (χ4n) is 2.31. The predicted molar refractivity (Wildman–Crippen MR) is 81.3 cm³/mol. The number of hydrogen-bond acceptors (Lipinski definition) is 3. The molecule has 2 aromatic rings. The minimum absolute atomic E-state index is 0.0633. The summed E-state index contributed by atoms with van der Waals surface area (Å²) in [6, 6.07) is 15.3. The Labute approximate surface area is 123 Å². The molecule has 2 aromatic carbocycles. The highest BCUT2D eigenvalue weighted by Gasteiger charge is 2.31. The third-order valence-electron chi connectivity index (χ3n) is 3.34. The average Bonchev–Trinajstić information content (AvgIpc) is 2.48. The first-order valence-corrected chi connectivity index (χ1v) is 8.18. The maximum Gasteiger partial charge on any atom is 0.326 e. The summed E-state index contributed by atoms with van der Waals surface area (Å²) in [6.07, 6.45) is 0. The molecule has 21 heavy (non-hydrogen) atoms. The zero-order valence-corrected chi connectivity index (χ0v) is 12.0. The molecule has 1 N–H and O–H groups in total. The van der Waals surface area contributed by atoms with Crippen molar-refractivity contribution in [1.82, 2.24) is 0 Å². The second kappa shape index (κ2) is 5.21. The number of nitrogens with one attached hydrogen (secondary N) is 1. The van der Waals surface area contributed by atoms with Gasteiger partial charge in [0, 0.05) is 12.2 Å². The van der Waals surface area contributed by atoms with Gasteiger partial charge in [-0.05, 0) is 24.3 Å². The van der Waals surface area contributed by atoms with E-state index in [2.05, 4.69) is 5.32 Å². The fourth-order valence-corrected chi connectivity index (χ4v) is 3.73. The van der Waals surface area contributed by atoms with Gasteiger partial charge in [-0.1, -0.05) is 30.3 Å². The largest absolute Gasteiger partial charge is 0.326 e. The Balaban J connectivity index is 1.92. The van der Waals surface area contributed by atoms with Gasteiger partial charge in [0.15, 0.2) is 9.84 Å². The predicted octanol–water partition coefficient (Wildman–Crippen LogP) is 2.51. The molecule has 1 heterocycles. The van der Waals surface area contributed by atoms with Crippen LogP contribution in [0.2, 0.25) is 0 Å². The van der Waals surface area contributed by atoms with Gasteiger partial charge in [0.05, 0.1) is 16.3 Å². The number of carbonyl (C=O) groups excluding carboxylic acids is 1. The van der Waals surface area contributed by atoms with E-state index in [0.29, 0.717) is 11.4 Å². The number of anilines is 2. The third kappa shape index (κ3) is 2.62. The van der Waals surface area contributed by atoms with Crippen molar-refractivity contribution in [3.8, 4) is 0 Å². The Bertz CT molecular complexity index is 773. The van der Waals surface area contributed by atoms with E-state index in [1.807, 2.05) is 18.2 Å². The van der Waals surface area contributed by atoms with Crippen LogP contribution in [0.25, 0.3) is 0 Å². The lowest BCUT2D eigenvalue weighted by atomic mass is 10.3. The second-order valence-electron chi connectivity index (χ2n) is 4.73. The van der Waals surface area contributed by atoms with E-state index in [1.54, 1.807) is 30.3 Å². The van der Waals surface area contributed by atoms with Gasteiger partial charge in [0.2, 0.25) is 0 Å². The average molecular weight is 302 g/mol. The molecule has 0 unspecified atom stereocenters. The van der Waals surface area contributed by atoms with Gasteiger partial charge in [-0.2, -0.15) is 0 Å². The number of fused-ring (bicyclic) bond motifs is 1. The lowest BCUT2D eigenvalue weighted by Crippen LogP contribution is -2.42. The molecular weight excluding hydrogens is 288 g/mol. The Kier molecular flexibility index (Phi) is 3.39. The molecule has 1 aliphatic rings. The molecule has 0 saturated carbocycles. The van der Waals surface area contributed by atoms with Crippen LogP contribution in [0.4, 0.5) is 16.2 Å². The number of para-hydroxylation sites is 2. The van der Waals surface area contributed by atoms with E-state index in [-0.39, 0.29) is 23.2 Å². The summed E-state index contributed by atoms with van der Waals surface area (Å²) < 4.78 is 24.1. The molecule has 3 rings (SSSR count). The van der Waals surface area contributed by atoms with Crippen molar-refractivity contribution in [3.05, 3.63) is 54.6 Å². The van der Waals surface area contributed by atoms with Gasteiger partial charge in [-0.3, -0.25) is 4.90 Å². The fraction of sp³-hybridized carbons (Fsp3) is 0.133. The number of rotatable bonds is 1. The Morgan fingerprint density at radius 1 is 1.00 bits per heavy atom. The molecule has 0 radical (unpaired) electrons. The summed E-state index contributed by atoms with van der Waals surface area (Å²) in [6.45, 7) is 0.151. The van der Waals surface area contributed by atoms with Gasteiger partial charge in [-0.25, -0.2) is 13.2 Å². The van der Waals surface area contributed by atoms with Crippen molar-refractivity contribution in [3.63, 3.8) is 0 Å². The topological polar surface area (TPSA) is 66.5 Å². The summed E-state index contributed by atoms with van der Waals surface area (Å²) in [7, 11) is -3.30. The molecular formula is C15H14N2O3S. The minimum atomic E-state index is -3.30. The van der Waals surface area contributed by atoms with Crippen LogP contribution in [-0.4, -0.2) is 26.7 Å². The molecule has 2 amide bonds. The molecule has 108 valence electrons. The highest BCUT2D eigenvalue weighted by Crippen LogP contribution is 2.30. The standard InChI is InChI=1S/C15H14N2O3S/c18-15(16-12-6-2-1-3-7-12)17-10-11-21(19,20)14-9-5-4-8-13(14)17/h1-9H,10-11H2,(H,16,18). The van der Waals surface area contributed by atoms with Crippen LogP contribution in [0.5, 0.6) is 0 Å². The van der Waals surface area contributed by atoms with Gasteiger partial charge in [0.25, 0.3) is 0 Å². The van der Waals surface area contributed by atoms with Crippen LogP contribution < -0.4 is 10.2 Å². The first-order valence-electron chi connectivity index (χ1n) is 6.53. The number of urea groups is 1. The lowest BCUT2D eigenvalue weighted by Gasteiger charge is -2.29. The molecule has 0 aromatic heterocycles. The number of hydrogen-bond donors (Lipinski definition) is 1. The molecule has 0 atom stereocenters. The Morgan fingerprint density at radius 3 is 2.43 bits per heavy atom. The first-order chi connectivity index (χ1) is 10.1. The number of benzene rings is 2. The van der Waals surface area contributed by atoms with Crippen molar-refractivity contribution >= 4 is 27.2 Å². The van der Waals surface area contributed by atoms with Crippen LogP contribution in [0.1, 0.15) is 0 Å². The second-order valence-corrected chi connectivity index (χ2v) is 6.81. The zero-order valence-electron chi connectivity index (χ0n) is 11.2. The zero-order chi connectivity index (χ0) is 14.9. The molecule has 1 aliphatic heterocycles. The molecule has 0 fully saturated rings. The molecule has 0 bridgehead atoms. The summed E-state index contributed by atoms with van der Waals surface area (Å²) in [5.41, 5.74) is 1.10. The summed E-state index contributed by atoms with van der Waals surface area (Å²) in [5, 5.41) is 2.77. The highest BCUT2D eigenvalue weighted by atomic mass is 32.2. The summed E-state index contributed by atoms with van der Waals surface area (Å²) in [4.78, 5) is 14.0. The summed E-state index contributed by atoms with van der Waals surface area (Å²) in [5.74, 6) is -0.0633. The normalized spacial score (nSPS) is 16.1. The van der Waals surface area contributed by atoms with E-state index in [0.717, 1.165) is 0 Å². The number of sulfone groups is 1. The molecule has 5 nitrogen and oxygen atoms in total. The van der Waals surface area contributed by atoms with Crippen LogP contribution in [-0.2, 0) is 9.84 Å². The molecule has 6 heteroatoms. The number of carbonyl (C=O) groups is 1. The smallest absolute Gasteiger partial charge is 0.308 e. The Hall–Kier alpha value is -2.34. The minimum Gasteiger partial charge on any atom is -0.308 e. The number of nitrogens with zero attached hydrogens (tertiary/aromatic N) is 1. The van der Waals surface area contributed by atoms with Gasteiger partial charge >= 0.3 is 6.03 Å². The molecule has 0 aliphatic carbocycles. The first kappa shape index (κ1) is 13.6. The van der Waals surface area contributed by atoms with Crippen LogP contribution in [0, 0.1) is 0 Å².